The molecule has 1 fully saturated rings. The van der Waals surface area contributed by atoms with E-state index in [0.717, 1.165) is 23.1 Å². The summed E-state index contributed by atoms with van der Waals surface area (Å²) in [6.07, 6.45) is 4.72. The Balaban J connectivity index is 2.04. The molecule has 1 aliphatic rings. The molecule has 0 radical (unpaired) electrons. The predicted molar refractivity (Wildman–Crippen MR) is 73.7 cm³/mol. The summed E-state index contributed by atoms with van der Waals surface area (Å²) in [7, 11) is 2.13. The maximum Gasteiger partial charge on any atom is 0.152 e. The lowest BCUT2D eigenvalue weighted by molar-refractivity contribution is 0.602. The van der Waals surface area contributed by atoms with Crippen LogP contribution < -0.4 is 10.6 Å². The van der Waals surface area contributed by atoms with Gasteiger partial charge in [-0.2, -0.15) is 0 Å². The Bertz CT molecular complexity index is 556. The maximum absolute atomic E-state index is 5.90. The fourth-order valence-electron chi connectivity index (χ4n) is 2.59. The van der Waals surface area contributed by atoms with Crippen molar-refractivity contribution in [2.24, 2.45) is 11.7 Å². The highest BCUT2D eigenvalue weighted by atomic mass is 15.2. The third-order valence-corrected chi connectivity index (χ3v) is 4.05. The quantitative estimate of drug-likeness (QED) is 0.895. The number of aromatic nitrogens is 2. The molecule has 0 aromatic carbocycles. The molecule has 0 aliphatic heterocycles. The van der Waals surface area contributed by atoms with Gasteiger partial charge in [0.1, 0.15) is 5.65 Å². The molecule has 2 heterocycles. The normalized spacial score (nSPS) is 17.1. The van der Waals surface area contributed by atoms with Gasteiger partial charge in [-0.05, 0) is 37.8 Å². The molecule has 2 aromatic rings. The van der Waals surface area contributed by atoms with E-state index in [-0.39, 0.29) is 0 Å². The number of fused-ring (bicyclic) bond motifs is 1. The molecule has 4 heteroatoms. The predicted octanol–water partition coefficient (Wildman–Crippen LogP) is 2.03. The molecule has 0 saturated heterocycles. The number of nitrogens with two attached hydrogens (primary N) is 1. The SMILES string of the molecule is CC(C1CC1)N(C)c1nc2ccccn2c1CN. The Hall–Kier alpha value is -1.55. The lowest BCUT2D eigenvalue weighted by Crippen LogP contribution is -2.31. The first-order valence-corrected chi connectivity index (χ1v) is 6.61. The molecule has 1 aliphatic carbocycles. The number of hydrogen-bond acceptors (Lipinski definition) is 3. The van der Waals surface area contributed by atoms with Crippen LogP contribution in [-0.4, -0.2) is 22.5 Å². The lowest BCUT2D eigenvalue weighted by Gasteiger charge is -2.25. The van der Waals surface area contributed by atoms with E-state index < -0.39 is 0 Å². The van der Waals surface area contributed by atoms with Gasteiger partial charge in [-0.1, -0.05) is 6.07 Å². The highest BCUT2D eigenvalue weighted by Crippen LogP contribution is 2.36. The van der Waals surface area contributed by atoms with Gasteiger partial charge in [0.15, 0.2) is 5.82 Å². The molecule has 3 rings (SSSR count). The van der Waals surface area contributed by atoms with Crippen LogP contribution in [0.4, 0.5) is 5.82 Å². The van der Waals surface area contributed by atoms with E-state index >= 15 is 0 Å². The summed E-state index contributed by atoms with van der Waals surface area (Å²) in [6.45, 7) is 2.80. The van der Waals surface area contributed by atoms with Gasteiger partial charge in [0, 0.05) is 25.8 Å². The summed E-state index contributed by atoms with van der Waals surface area (Å²) in [4.78, 5) is 7.01. The van der Waals surface area contributed by atoms with Gasteiger partial charge in [-0.25, -0.2) is 4.98 Å². The van der Waals surface area contributed by atoms with E-state index in [1.807, 2.05) is 24.4 Å². The molecule has 96 valence electrons. The van der Waals surface area contributed by atoms with Crippen LogP contribution in [0.1, 0.15) is 25.5 Å². The number of imidazole rings is 1. The molecule has 18 heavy (non-hydrogen) atoms. The third kappa shape index (κ3) is 1.77. The molecule has 1 saturated carbocycles. The molecule has 0 spiro atoms. The third-order valence-electron chi connectivity index (χ3n) is 4.05. The van der Waals surface area contributed by atoms with Crippen LogP contribution >= 0.6 is 0 Å². The van der Waals surface area contributed by atoms with Crippen molar-refractivity contribution in [3.8, 4) is 0 Å². The van der Waals surface area contributed by atoms with Crippen molar-refractivity contribution in [1.29, 1.82) is 0 Å². The number of hydrogen-bond donors (Lipinski definition) is 1. The fourth-order valence-corrected chi connectivity index (χ4v) is 2.59. The summed E-state index contributed by atoms with van der Waals surface area (Å²) >= 11 is 0. The Morgan fingerprint density at radius 1 is 1.50 bits per heavy atom. The standard InChI is InChI=1S/C14H20N4/c1-10(11-6-7-11)17(2)14-12(9-15)18-8-4-3-5-13(18)16-14/h3-5,8,10-11H,6-7,9,15H2,1-2H3. The van der Waals surface area contributed by atoms with E-state index in [0.29, 0.717) is 12.6 Å². The molecule has 0 bridgehead atoms. The van der Waals surface area contributed by atoms with E-state index in [1.54, 1.807) is 0 Å². The van der Waals surface area contributed by atoms with Crippen LogP contribution in [0, 0.1) is 5.92 Å². The van der Waals surface area contributed by atoms with E-state index in [2.05, 4.69) is 23.3 Å². The first-order chi connectivity index (χ1) is 8.72. The topological polar surface area (TPSA) is 46.6 Å². The van der Waals surface area contributed by atoms with Crippen LogP contribution in [0.5, 0.6) is 0 Å². The molecule has 1 atom stereocenters. The Morgan fingerprint density at radius 3 is 2.94 bits per heavy atom. The van der Waals surface area contributed by atoms with Crippen molar-refractivity contribution < 1.29 is 0 Å². The van der Waals surface area contributed by atoms with Crippen LogP contribution in [0.15, 0.2) is 24.4 Å². The molecular formula is C14H20N4. The molecule has 4 nitrogen and oxygen atoms in total. The van der Waals surface area contributed by atoms with Crippen LogP contribution in [0.3, 0.4) is 0 Å². The number of rotatable bonds is 4. The smallest absolute Gasteiger partial charge is 0.152 e. The second kappa shape index (κ2) is 4.28. The van der Waals surface area contributed by atoms with Gasteiger partial charge >= 0.3 is 0 Å². The number of pyridine rings is 1. The van der Waals surface area contributed by atoms with Gasteiger partial charge < -0.3 is 15.0 Å². The summed E-state index contributed by atoms with van der Waals surface area (Å²) < 4.78 is 2.09. The summed E-state index contributed by atoms with van der Waals surface area (Å²) in [5, 5.41) is 0. The van der Waals surface area contributed by atoms with Crippen molar-refractivity contribution in [3.63, 3.8) is 0 Å². The van der Waals surface area contributed by atoms with Gasteiger partial charge in [-0.3, -0.25) is 0 Å². The first kappa shape index (κ1) is 11.5. The summed E-state index contributed by atoms with van der Waals surface area (Å²) in [5.41, 5.74) is 7.98. The second-order valence-electron chi connectivity index (χ2n) is 5.20. The molecular weight excluding hydrogens is 224 g/mol. The van der Waals surface area contributed by atoms with Crippen LogP contribution in [-0.2, 0) is 6.54 Å². The molecule has 2 N–H and O–H groups in total. The van der Waals surface area contributed by atoms with Gasteiger partial charge in [0.25, 0.3) is 0 Å². The zero-order valence-corrected chi connectivity index (χ0v) is 11.0. The maximum atomic E-state index is 5.90. The van der Waals surface area contributed by atoms with Gasteiger partial charge in [0.2, 0.25) is 0 Å². The monoisotopic (exact) mass is 244 g/mol. The Labute approximate surface area is 107 Å². The minimum Gasteiger partial charge on any atom is -0.355 e. The number of nitrogens with zero attached hydrogens (tertiary/aromatic N) is 3. The average molecular weight is 244 g/mol. The van der Waals surface area contributed by atoms with Crippen molar-refractivity contribution in [2.75, 3.05) is 11.9 Å². The summed E-state index contributed by atoms with van der Waals surface area (Å²) in [6, 6.07) is 6.59. The van der Waals surface area contributed by atoms with Gasteiger partial charge in [-0.15, -0.1) is 0 Å². The average Bonchev–Trinajstić information content (AvgIpc) is 3.17. The number of anilines is 1. The lowest BCUT2D eigenvalue weighted by atomic mass is 10.2. The van der Waals surface area contributed by atoms with Crippen LogP contribution in [0.2, 0.25) is 0 Å². The van der Waals surface area contributed by atoms with Crippen molar-refractivity contribution >= 4 is 11.5 Å². The largest absolute Gasteiger partial charge is 0.355 e. The van der Waals surface area contributed by atoms with Gasteiger partial charge in [0.05, 0.1) is 5.69 Å². The first-order valence-electron chi connectivity index (χ1n) is 6.61. The Kier molecular flexibility index (Phi) is 2.74. The van der Waals surface area contributed by atoms with Crippen molar-refractivity contribution in [1.82, 2.24) is 9.38 Å². The Morgan fingerprint density at radius 2 is 2.28 bits per heavy atom. The second-order valence-corrected chi connectivity index (χ2v) is 5.20. The van der Waals surface area contributed by atoms with Crippen LogP contribution in [0.25, 0.3) is 5.65 Å². The van der Waals surface area contributed by atoms with Crippen molar-refractivity contribution in [2.45, 2.75) is 32.4 Å². The fraction of sp³-hybridized carbons (Fsp3) is 0.500. The summed E-state index contributed by atoms with van der Waals surface area (Å²) in [5.74, 6) is 1.86. The zero-order valence-electron chi connectivity index (χ0n) is 11.0. The van der Waals surface area contributed by atoms with E-state index in [9.17, 15) is 0 Å². The molecule has 1 unspecified atom stereocenters. The van der Waals surface area contributed by atoms with E-state index in [1.165, 1.54) is 12.8 Å². The highest BCUT2D eigenvalue weighted by molar-refractivity contribution is 5.56. The van der Waals surface area contributed by atoms with Crippen molar-refractivity contribution in [3.05, 3.63) is 30.1 Å². The minimum atomic E-state index is 0.516. The highest BCUT2D eigenvalue weighted by Gasteiger charge is 2.32. The minimum absolute atomic E-state index is 0.516. The van der Waals surface area contributed by atoms with E-state index in [4.69, 9.17) is 10.7 Å². The zero-order chi connectivity index (χ0) is 12.7. The molecule has 0 amide bonds. The molecule has 2 aromatic heterocycles.